The van der Waals surface area contributed by atoms with Crippen LogP contribution in [0.1, 0.15) is 10.4 Å². The summed E-state index contributed by atoms with van der Waals surface area (Å²) >= 11 is 0. The zero-order chi connectivity index (χ0) is 15.5. The normalized spacial score (nSPS) is 10.6. The van der Waals surface area contributed by atoms with E-state index in [2.05, 4.69) is 15.4 Å². The number of hydrogen-bond donors (Lipinski definition) is 4. The number of hydrogen-bond acceptors (Lipinski definition) is 5. The van der Waals surface area contributed by atoms with Gasteiger partial charge in [0.1, 0.15) is 5.82 Å². The molecule has 1 aromatic heterocycles. The van der Waals surface area contributed by atoms with Crippen LogP contribution in [-0.4, -0.2) is 28.2 Å². The summed E-state index contributed by atoms with van der Waals surface area (Å²) in [7, 11) is 1.54. The molecule has 0 saturated carbocycles. The molecule has 0 bridgehead atoms. The maximum Gasteiger partial charge on any atom is 0.274 e. The van der Waals surface area contributed by atoms with Gasteiger partial charge in [-0.15, -0.1) is 0 Å². The number of H-pyrrole nitrogens is 1. The van der Waals surface area contributed by atoms with Crippen molar-refractivity contribution in [2.45, 2.75) is 0 Å². The molecule has 0 unspecified atom stereocenters. The number of rotatable bonds is 4. The maximum absolute atomic E-state index is 11.4. The molecule has 1 amide bonds. The molecule has 0 spiro atoms. The largest absolute Gasteiger partial charge is 0.338 e. The lowest BCUT2D eigenvalue weighted by molar-refractivity contribution is 0.0706. The molecular weight excluding hydrogens is 284 g/mol. The van der Waals surface area contributed by atoms with Gasteiger partial charge in [0.2, 0.25) is 0 Å². The molecule has 1 heterocycles. The molecule has 7 nitrogen and oxygen atoms in total. The molecule has 112 valence electrons. The minimum absolute atomic E-state index is 0.347. The zero-order valence-electron chi connectivity index (χ0n) is 11.8. The molecule has 4 N–H and O–H groups in total. The minimum atomic E-state index is -0.565. The zero-order valence-corrected chi connectivity index (χ0v) is 11.8. The van der Waals surface area contributed by atoms with E-state index in [1.165, 1.54) is 0 Å². The fourth-order valence-electron chi connectivity index (χ4n) is 2.20. The first-order valence-corrected chi connectivity index (χ1v) is 6.55. The van der Waals surface area contributed by atoms with Crippen LogP contribution in [-0.2, 0) is 4.84 Å². The van der Waals surface area contributed by atoms with Crippen LogP contribution in [0.15, 0.2) is 42.5 Å². The summed E-state index contributed by atoms with van der Waals surface area (Å²) in [6, 6.07) is 12.5. The Morgan fingerprint density at radius 1 is 1.27 bits per heavy atom. The van der Waals surface area contributed by atoms with Crippen LogP contribution in [0.3, 0.4) is 0 Å². The summed E-state index contributed by atoms with van der Waals surface area (Å²) in [4.78, 5) is 24.0. The molecule has 0 saturated heterocycles. The van der Waals surface area contributed by atoms with Gasteiger partial charge < -0.3 is 4.98 Å². The van der Waals surface area contributed by atoms with Crippen LogP contribution in [0.25, 0.3) is 22.4 Å². The fraction of sp³-hybridized carbons (Fsp3) is 0.0667. The lowest BCUT2D eigenvalue weighted by Crippen LogP contribution is -2.18. The number of nitrogens with one attached hydrogen (secondary N) is 3. The second-order valence-electron chi connectivity index (χ2n) is 4.65. The summed E-state index contributed by atoms with van der Waals surface area (Å²) < 4.78 is 0. The Bertz CT molecular complexity index is 829. The standard InChI is InChI=1S/C15H14N4O3/c1-22-19-11-4-2-3-9(7-11)14-16-12-6-5-10(15(20)18-21)8-13(12)17-14/h2-8,19,21H,1H3,(H,16,17)(H,18,20). The molecule has 3 rings (SSSR count). The third-order valence-corrected chi connectivity index (χ3v) is 3.20. The van der Waals surface area contributed by atoms with Crippen molar-refractivity contribution in [3.63, 3.8) is 0 Å². The Kier molecular flexibility index (Phi) is 3.73. The smallest absolute Gasteiger partial charge is 0.274 e. The highest BCUT2D eigenvalue weighted by molar-refractivity contribution is 5.97. The van der Waals surface area contributed by atoms with Gasteiger partial charge in [0.25, 0.3) is 5.91 Å². The first kappa shape index (κ1) is 14.1. The first-order chi connectivity index (χ1) is 10.7. The molecule has 2 aromatic carbocycles. The molecule has 0 atom stereocenters. The van der Waals surface area contributed by atoms with Gasteiger partial charge in [0.15, 0.2) is 0 Å². The Hall–Kier alpha value is -2.90. The number of aromatic amines is 1. The van der Waals surface area contributed by atoms with Crippen molar-refractivity contribution in [3.8, 4) is 11.4 Å². The van der Waals surface area contributed by atoms with E-state index in [9.17, 15) is 4.79 Å². The number of nitrogens with zero attached hydrogens (tertiary/aromatic N) is 1. The van der Waals surface area contributed by atoms with E-state index < -0.39 is 5.91 Å². The minimum Gasteiger partial charge on any atom is -0.338 e. The molecule has 0 fully saturated rings. The van der Waals surface area contributed by atoms with E-state index in [1.807, 2.05) is 24.3 Å². The van der Waals surface area contributed by atoms with Gasteiger partial charge in [0, 0.05) is 11.1 Å². The third-order valence-electron chi connectivity index (χ3n) is 3.20. The van der Waals surface area contributed by atoms with Crippen LogP contribution < -0.4 is 11.0 Å². The van der Waals surface area contributed by atoms with E-state index in [4.69, 9.17) is 10.0 Å². The lowest BCUT2D eigenvalue weighted by atomic mass is 10.2. The van der Waals surface area contributed by atoms with Crippen LogP contribution in [0, 0.1) is 0 Å². The van der Waals surface area contributed by atoms with E-state index in [-0.39, 0.29) is 0 Å². The van der Waals surface area contributed by atoms with Crippen LogP contribution in [0.4, 0.5) is 5.69 Å². The summed E-state index contributed by atoms with van der Waals surface area (Å²) in [5.41, 5.74) is 7.85. The second-order valence-corrected chi connectivity index (χ2v) is 4.65. The van der Waals surface area contributed by atoms with Gasteiger partial charge in [-0.25, -0.2) is 10.5 Å². The molecule has 0 aliphatic rings. The Balaban J connectivity index is 2.01. The van der Waals surface area contributed by atoms with Gasteiger partial charge in [0.05, 0.1) is 23.8 Å². The fourth-order valence-corrected chi connectivity index (χ4v) is 2.20. The quantitative estimate of drug-likeness (QED) is 0.437. The summed E-state index contributed by atoms with van der Waals surface area (Å²) in [5.74, 6) is 0.112. The molecule has 22 heavy (non-hydrogen) atoms. The van der Waals surface area contributed by atoms with Crippen LogP contribution in [0.5, 0.6) is 0 Å². The number of anilines is 1. The van der Waals surface area contributed by atoms with Crippen molar-refractivity contribution in [2.24, 2.45) is 0 Å². The van der Waals surface area contributed by atoms with E-state index in [1.54, 1.807) is 30.8 Å². The second kappa shape index (κ2) is 5.84. The van der Waals surface area contributed by atoms with Gasteiger partial charge >= 0.3 is 0 Å². The molecule has 7 heteroatoms. The molecule has 0 aliphatic heterocycles. The Morgan fingerprint density at radius 3 is 2.91 bits per heavy atom. The number of hydroxylamine groups is 1. The average Bonchev–Trinajstić information content (AvgIpc) is 2.98. The number of fused-ring (bicyclic) bond motifs is 1. The molecular formula is C15H14N4O3. The average molecular weight is 298 g/mol. The van der Waals surface area contributed by atoms with Crippen molar-refractivity contribution in [2.75, 3.05) is 12.6 Å². The van der Waals surface area contributed by atoms with Crippen molar-refractivity contribution in [1.82, 2.24) is 15.4 Å². The molecule has 0 radical (unpaired) electrons. The molecule has 3 aromatic rings. The highest BCUT2D eigenvalue weighted by Crippen LogP contribution is 2.23. The van der Waals surface area contributed by atoms with E-state index in [0.29, 0.717) is 16.9 Å². The third kappa shape index (κ3) is 2.62. The number of carbonyl (C=O) groups is 1. The number of carbonyl (C=O) groups excluding carboxylic acids is 1. The highest BCUT2D eigenvalue weighted by Gasteiger charge is 2.09. The number of aromatic nitrogens is 2. The highest BCUT2D eigenvalue weighted by atomic mass is 16.6. The van der Waals surface area contributed by atoms with Gasteiger partial charge in [-0.05, 0) is 30.3 Å². The van der Waals surface area contributed by atoms with Gasteiger partial charge in [-0.2, -0.15) is 0 Å². The number of imidazole rings is 1. The van der Waals surface area contributed by atoms with Crippen molar-refractivity contribution < 1.29 is 14.8 Å². The van der Waals surface area contributed by atoms with Gasteiger partial charge in [-0.1, -0.05) is 12.1 Å². The number of benzene rings is 2. The monoisotopic (exact) mass is 298 g/mol. The topological polar surface area (TPSA) is 99.3 Å². The van der Waals surface area contributed by atoms with Crippen LogP contribution >= 0.6 is 0 Å². The summed E-state index contributed by atoms with van der Waals surface area (Å²) in [6.45, 7) is 0. The summed E-state index contributed by atoms with van der Waals surface area (Å²) in [5, 5.41) is 8.68. The Labute approximate surface area is 125 Å². The predicted molar refractivity (Wildman–Crippen MR) is 81.4 cm³/mol. The SMILES string of the molecule is CONc1cccc(-c2nc3ccc(C(=O)NO)cc3[nH]2)c1. The number of amides is 1. The first-order valence-electron chi connectivity index (χ1n) is 6.55. The van der Waals surface area contributed by atoms with Crippen molar-refractivity contribution >= 4 is 22.6 Å². The van der Waals surface area contributed by atoms with E-state index >= 15 is 0 Å². The van der Waals surface area contributed by atoms with Gasteiger partial charge in [-0.3, -0.25) is 20.3 Å². The summed E-state index contributed by atoms with van der Waals surface area (Å²) in [6.07, 6.45) is 0. The van der Waals surface area contributed by atoms with Crippen molar-refractivity contribution in [1.29, 1.82) is 0 Å². The Morgan fingerprint density at radius 2 is 2.14 bits per heavy atom. The van der Waals surface area contributed by atoms with Crippen LogP contribution in [0.2, 0.25) is 0 Å². The van der Waals surface area contributed by atoms with E-state index in [0.717, 1.165) is 16.8 Å². The van der Waals surface area contributed by atoms with Crippen molar-refractivity contribution in [3.05, 3.63) is 48.0 Å². The predicted octanol–water partition coefficient (Wildman–Crippen LogP) is 2.32. The lowest BCUT2D eigenvalue weighted by Gasteiger charge is -2.04. The maximum atomic E-state index is 11.4. The molecule has 0 aliphatic carbocycles.